The van der Waals surface area contributed by atoms with E-state index in [2.05, 4.69) is 47.7 Å². The molecular formula is C26H32N2O4S3. The number of hydrazine groups is 1. The van der Waals surface area contributed by atoms with Crippen LogP contribution >= 0.6 is 34.9 Å². The molecular weight excluding hydrogens is 500 g/mol. The van der Waals surface area contributed by atoms with E-state index in [-0.39, 0.29) is 5.24 Å². The SMILES string of the molecule is C=C/C=C(/CCN1C(=O)SCCN1CCC(O)Cc1cccc(CCc2ccsc2)c1)SC(=O)O. The minimum Gasteiger partial charge on any atom is -0.473 e. The lowest BCUT2D eigenvalue weighted by atomic mass is 10.00. The Balaban J connectivity index is 1.50. The molecule has 2 aromatic rings. The number of carbonyl (C=O) groups is 2. The summed E-state index contributed by atoms with van der Waals surface area (Å²) in [6, 6.07) is 10.6. The van der Waals surface area contributed by atoms with Crippen molar-refractivity contribution in [2.24, 2.45) is 0 Å². The van der Waals surface area contributed by atoms with Gasteiger partial charge in [-0.05, 0) is 82.3 Å². The second kappa shape index (κ2) is 14.5. The van der Waals surface area contributed by atoms with Crippen LogP contribution in [-0.4, -0.2) is 62.3 Å². The fourth-order valence-electron chi connectivity index (χ4n) is 3.95. The molecule has 3 rings (SSSR count). The van der Waals surface area contributed by atoms with E-state index in [1.165, 1.54) is 22.9 Å². The lowest BCUT2D eigenvalue weighted by Crippen LogP contribution is -2.50. The van der Waals surface area contributed by atoms with Crippen molar-refractivity contribution in [3.63, 3.8) is 0 Å². The first-order valence-electron chi connectivity index (χ1n) is 11.6. The maximum atomic E-state index is 12.5. The Morgan fingerprint density at radius 2 is 2.00 bits per heavy atom. The molecule has 0 aliphatic carbocycles. The van der Waals surface area contributed by atoms with Crippen LogP contribution in [0.2, 0.25) is 0 Å². The smallest absolute Gasteiger partial charge is 0.369 e. The molecule has 1 aliphatic rings. The number of amides is 1. The monoisotopic (exact) mass is 532 g/mol. The summed E-state index contributed by atoms with van der Waals surface area (Å²) in [5.74, 6) is 0.705. The third-order valence-corrected chi connectivity index (χ3v) is 8.04. The number of hydrogen-bond donors (Lipinski definition) is 2. The van der Waals surface area contributed by atoms with E-state index in [4.69, 9.17) is 5.11 Å². The fourth-order valence-corrected chi connectivity index (χ4v) is 6.07. The highest BCUT2D eigenvalue weighted by Gasteiger charge is 2.27. The summed E-state index contributed by atoms with van der Waals surface area (Å²) in [4.78, 5) is 24.3. The van der Waals surface area contributed by atoms with Crippen molar-refractivity contribution in [1.29, 1.82) is 0 Å². The lowest BCUT2D eigenvalue weighted by Gasteiger charge is -2.38. The molecule has 0 spiro atoms. The summed E-state index contributed by atoms with van der Waals surface area (Å²) in [5, 5.41) is 26.7. The van der Waals surface area contributed by atoms with E-state index in [1.807, 2.05) is 5.01 Å². The molecule has 0 radical (unpaired) electrons. The van der Waals surface area contributed by atoms with Gasteiger partial charge in [0.2, 0.25) is 0 Å². The van der Waals surface area contributed by atoms with E-state index >= 15 is 0 Å². The maximum absolute atomic E-state index is 12.5. The first kappa shape index (κ1) is 27.5. The zero-order valence-corrected chi connectivity index (χ0v) is 22.1. The fraction of sp³-hybridized carbons (Fsp3) is 0.385. The van der Waals surface area contributed by atoms with Crippen LogP contribution in [0.5, 0.6) is 0 Å². The molecule has 1 aromatic heterocycles. The van der Waals surface area contributed by atoms with Crippen LogP contribution in [0, 0.1) is 0 Å². The van der Waals surface area contributed by atoms with E-state index in [9.17, 15) is 14.7 Å². The van der Waals surface area contributed by atoms with Gasteiger partial charge in [0, 0.05) is 25.4 Å². The Morgan fingerprint density at radius 3 is 2.74 bits per heavy atom. The Bertz CT molecular complexity index is 1010. The number of aliphatic hydroxyl groups excluding tert-OH is 1. The van der Waals surface area contributed by atoms with Crippen molar-refractivity contribution in [1.82, 2.24) is 10.0 Å². The van der Waals surface area contributed by atoms with Crippen LogP contribution in [0.3, 0.4) is 0 Å². The third-order valence-electron chi connectivity index (χ3n) is 5.68. The molecule has 1 amide bonds. The zero-order chi connectivity index (χ0) is 25.0. The summed E-state index contributed by atoms with van der Waals surface area (Å²) in [6.45, 7) is 5.32. The Kier molecular flexibility index (Phi) is 11.4. The van der Waals surface area contributed by atoms with E-state index in [1.54, 1.807) is 28.5 Å². The number of hydrogen-bond acceptors (Lipinski definition) is 7. The van der Waals surface area contributed by atoms with E-state index < -0.39 is 11.4 Å². The standard InChI is InChI=1S/C26H32N2O4S3/c1-2-4-24(35-26(31)32)10-13-28-25(30)34-16-14-27(28)12-9-23(29)18-22-6-3-5-20(17-22)7-8-21-11-15-33-19-21/h2-6,11,15,17,19,23,29H,1,7-10,12-14,16,18H2,(H,31,32)/b24-4-. The van der Waals surface area contributed by atoms with Crippen molar-refractivity contribution in [3.05, 3.63) is 81.4 Å². The van der Waals surface area contributed by atoms with Gasteiger partial charge in [-0.25, -0.2) is 9.80 Å². The van der Waals surface area contributed by atoms with Crippen molar-refractivity contribution >= 4 is 45.4 Å². The summed E-state index contributed by atoms with van der Waals surface area (Å²) in [5.41, 5.74) is 3.74. The van der Waals surface area contributed by atoms with Crippen LogP contribution in [0.25, 0.3) is 0 Å². The number of thiophene rings is 1. The molecule has 1 saturated heterocycles. The average molecular weight is 533 g/mol. The van der Waals surface area contributed by atoms with Gasteiger partial charge in [-0.2, -0.15) is 11.3 Å². The number of carbonyl (C=O) groups excluding carboxylic acids is 1. The highest BCUT2D eigenvalue weighted by atomic mass is 32.2. The topological polar surface area (TPSA) is 81.1 Å². The molecule has 2 N–H and O–H groups in total. The Hall–Kier alpha value is -2.04. The number of aryl methyl sites for hydroxylation is 2. The highest BCUT2D eigenvalue weighted by molar-refractivity contribution is 8.16. The average Bonchev–Trinajstić information content (AvgIpc) is 3.34. The number of rotatable bonds is 13. The van der Waals surface area contributed by atoms with Gasteiger partial charge in [0.1, 0.15) is 0 Å². The van der Waals surface area contributed by atoms with Crippen LogP contribution in [0.15, 0.2) is 64.7 Å². The summed E-state index contributed by atoms with van der Waals surface area (Å²) < 4.78 is 0. The zero-order valence-electron chi connectivity index (χ0n) is 19.7. The second-order valence-electron chi connectivity index (χ2n) is 8.28. The molecule has 0 saturated carbocycles. The first-order chi connectivity index (χ1) is 16.9. The molecule has 9 heteroatoms. The van der Waals surface area contributed by atoms with Gasteiger partial charge in [0.25, 0.3) is 5.24 Å². The van der Waals surface area contributed by atoms with Crippen molar-refractivity contribution in [2.45, 2.75) is 38.2 Å². The van der Waals surface area contributed by atoms with Gasteiger partial charge in [-0.15, -0.1) is 0 Å². The molecule has 0 bridgehead atoms. The normalized spacial score (nSPS) is 15.9. The molecule has 2 heterocycles. The summed E-state index contributed by atoms with van der Waals surface area (Å²) in [7, 11) is 0. The van der Waals surface area contributed by atoms with Crippen molar-refractivity contribution in [3.8, 4) is 0 Å². The number of aliphatic hydroxyl groups is 1. The second-order valence-corrected chi connectivity index (χ2v) is 11.2. The maximum Gasteiger partial charge on any atom is 0.369 e. The largest absolute Gasteiger partial charge is 0.473 e. The minimum atomic E-state index is -0.979. The quantitative estimate of drug-likeness (QED) is 0.302. The van der Waals surface area contributed by atoms with Gasteiger partial charge in [-0.1, -0.05) is 54.8 Å². The molecule has 35 heavy (non-hydrogen) atoms. The van der Waals surface area contributed by atoms with Gasteiger partial charge in [-0.3, -0.25) is 9.80 Å². The minimum absolute atomic E-state index is 0.0395. The van der Waals surface area contributed by atoms with E-state index in [0.717, 1.165) is 30.2 Å². The molecule has 1 aromatic carbocycles. The molecule has 188 valence electrons. The van der Waals surface area contributed by atoms with Gasteiger partial charge in [0.05, 0.1) is 6.10 Å². The lowest BCUT2D eigenvalue weighted by molar-refractivity contribution is 0.0150. The Morgan fingerprint density at radius 1 is 1.20 bits per heavy atom. The molecule has 1 fully saturated rings. The van der Waals surface area contributed by atoms with Gasteiger partial charge < -0.3 is 10.2 Å². The number of nitrogens with zero attached hydrogens (tertiary/aromatic N) is 2. The summed E-state index contributed by atoms with van der Waals surface area (Å²) >= 11 is 3.73. The van der Waals surface area contributed by atoms with Crippen molar-refractivity contribution < 1.29 is 19.8 Å². The number of thioether (sulfide) groups is 2. The van der Waals surface area contributed by atoms with E-state index in [0.29, 0.717) is 49.6 Å². The summed E-state index contributed by atoms with van der Waals surface area (Å²) in [6.07, 6.45) is 6.27. The first-order valence-corrected chi connectivity index (χ1v) is 14.4. The van der Waals surface area contributed by atoms with Gasteiger partial charge in [0.15, 0.2) is 0 Å². The number of benzene rings is 1. The number of carboxylic acid groups (broad SMARTS) is 1. The van der Waals surface area contributed by atoms with Crippen LogP contribution in [0.4, 0.5) is 9.59 Å². The molecule has 6 nitrogen and oxygen atoms in total. The number of allylic oxidation sites excluding steroid dienone is 2. The van der Waals surface area contributed by atoms with Crippen LogP contribution in [0.1, 0.15) is 29.5 Å². The molecule has 1 unspecified atom stereocenters. The highest BCUT2D eigenvalue weighted by Crippen LogP contribution is 2.25. The predicted molar refractivity (Wildman–Crippen MR) is 147 cm³/mol. The van der Waals surface area contributed by atoms with Gasteiger partial charge >= 0.3 is 5.30 Å². The van der Waals surface area contributed by atoms with Crippen molar-refractivity contribution in [2.75, 3.05) is 25.4 Å². The Labute approximate surface area is 219 Å². The van der Waals surface area contributed by atoms with Crippen LogP contribution in [-0.2, 0) is 19.3 Å². The predicted octanol–water partition coefficient (Wildman–Crippen LogP) is 6.08. The molecule has 1 atom stereocenters. The third kappa shape index (κ3) is 9.50. The van der Waals surface area contributed by atoms with Crippen LogP contribution < -0.4 is 0 Å². The molecule has 1 aliphatic heterocycles.